The lowest BCUT2D eigenvalue weighted by atomic mass is 10.2. The molecule has 0 saturated heterocycles. The summed E-state index contributed by atoms with van der Waals surface area (Å²) in [5.41, 5.74) is 4.27. The lowest BCUT2D eigenvalue weighted by Crippen LogP contribution is -2.00. The Labute approximate surface area is 150 Å². The minimum atomic E-state index is -0.512. The van der Waals surface area contributed by atoms with Crippen LogP contribution in [0, 0.1) is 10.1 Å². The van der Waals surface area contributed by atoms with E-state index >= 15 is 0 Å². The summed E-state index contributed by atoms with van der Waals surface area (Å²) in [7, 11) is 0. The van der Waals surface area contributed by atoms with Crippen molar-refractivity contribution in [1.29, 1.82) is 0 Å². The van der Waals surface area contributed by atoms with Crippen LogP contribution >= 0.6 is 0 Å². The molecule has 0 bridgehead atoms. The molecular formula is C19H16N4O3. The third-order valence-electron chi connectivity index (χ3n) is 3.51. The molecule has 1 heterocycles. The number of hydrogen-bond acceptors (Lipinski definition) is 6. The zero-order chi connectivity index (χ0) is 18.2. The number of nitrogens with one attached hydrogen (secondary N) is 1. The fraction of sp³-hybridized carbons (Fsp3) is 0.0526. The second-order valence-electron chi connectivity index (χ2n) is 5.31. The van der Waals surface area contributed by atoms with Crippen molar-refractivity contribution < 1.29 is 9.66 Å². The van der Waals surface area contributed by atoms with E-state index < -0.39 is 4.92 Å². The van der Waals surface area contributed by atoms with Crippen molar-refractivity contribution in [1.82, 2.24) is 4.98 Å². The number of nitrogens with zero attached hydrogens (tertiary/aromatic N) is 3. The van der Waals surface area contributed by atoms with Crippen LogP contribution in [0.1, 0.15) is 11.1 Å². The number of nitro groups is 1. The molecule has 7 nitrogen and oxygen atoms in total. The monoisotopic (exact) mass is 348 g/mol. The SMILES string of the molecule is O=[N+]([O-])c1cccnc1N/N=C\c1ccccc1OCc1ccccc1. The molecule has 0 radical (unpaired) electrons. The first kappa shape index (κ1) is 17.1. The molecule has 2 aromatic carbocycles. The minimum absolute atomic E-state index is 0.0800. The minimum Gasteiger partial charge on any atom is -0.488 e. The van der Waals surface area contributed by atoms with Crippen molar-refractivity contribution in [2.45, 2.75) is 6.61 Å². The van der Waals surface area contributed by atoms with Crippen LogP contribution in [0.5, 0.6) is 5.75 Å². The highest BCUT2D eigenvalue weighted by molar-refractivity contribution is 5.84. The molecule has 130 valence electrons. The summed E-state index contributed by atoms with van der Waals surface area (Å²) in [6.45, 7) is 0.435. The van der Waals surface area contributed by atoms with Gasteiger partial charge in [0.1, 0.15) is 12.4 Å². The highest BCUT2D eigenvalue weighted by Crippen LogP contribution is 2.21. The number of anilines is 1. The maximum Gasteiger partial charge on any atom is 0.313 e. The molecule has 7 heteroatoms. The first-order valence-electron chi connectivity index (χ1n) is 7.88. The van der Waals surface area contributed by atoms with Crippen LogP contribution in [0.15, 0.2) is 78.0 Å². The summed E-state index contributed by atoms with van der Waals surface area (Å²) in [6, 6.07) is 20.1. The molecular weight excluding hydrogens is 332 g/mol. The average Bonchev–Trinajstić information content (AvgIpc) is 2.68. The predicted molar refractivity (Wildman–Crippen MR) is 99.3 cm³/mol. The Hall–Kier alpha value is -3.74. The van der Waals surface area contributed by atoms with Crippen LogP contribution < -0.4 is 10.2 Å². The molecule has 0 unspecified atom stereocenters. The van der Waals surface area contributed by atoms with Crippen molar-refractivity contribution in [3.8, 4) is 5.75 Å². The number of ether oxygens (including phenoxy) is 1. The van der Waals surface area contributed by atoms with Gasteiger partial charge >= 0.3 is 5.69 Å². The molecule has 0 amide bonds. The molecule has 0 fully saturated rings. The van der Waals surface area contributed by atoms with Crippen LogP contribution in [-0.2, 0) is 6.61 Å². The second-order valence-corrected chi connectivity index (χ2v) is 5.31. The van der Waals surface area contributed by atoms with E-state index in [9.17, 15) is 10.1 Å². The number of benzene rings is 2. The Morgan fingerprint density at radius 2 is 1.85 bits per heavy atom. The van der Waals surface area contributed by atoms with E-state index in [4.69, 9.17) is 4.74 Å². The fourth-order valence-corrected chi connectivity index (χ4v) is 2.25. The molecule has 0 saturated carbocycles. The highest BCUT2D eigenvalue weighted by Gasteiger charge is 2.13. The average molecular weight is 348 g/mol. The van der Waals surface area contributed by atoms with Crippen LogP contribution in [0.3, 0.4) is 0 Å². The number of rotatable bonds is 7. The number of hydrogen-bond donors (Lipinski definition) is 1. The van der Waals surface area contributed by atoms with E-state index in [1.807, 2.05) is 54.6 Å². The lowest BCUT2D eigenvalue weighted by Gasteiger charge is -2.09. The van der Waals surface area contributed by atoms with Crippen molar-refractivity contribution in [2.24, 2.45) is 5.10 Å². The maximum absolute atomic E-state index is 11.0. The van der Waals surface area contributed by atoms with E-state index in [1.165, 1.54) is 18.3 Å². The van der Waals surface area contributed by atoms with Gasteiger partial charge < -0.3 is 4.74 Å². The molecule has 0 aliphatic rings. The molecule has 3 aromatic rings. The van der Waals surface area contributed by atoms with Gasteiger partial charge in [0, 0.05) is 17.8 Å². The van der Waals surface area contributed by atoms with Gasteiger partial charge in [-0.25, -0.2) is 4.98 Å². The Morgan fingerprint density at radius 3 is 2.65 bits per heavy atom. The molecule has 0 atom stereocenters. The smallest absolute Gasteiger partial charge is 0.313 e. The molecule has 0 aliphatic heterocycles. The van der Waals surface area contributed by atoms with Gasteiger partial charge in [0.25, 0.3) is 0 Å². The summed E-state index contributed by atoms with van der Waals surface area (Å²) in [5, 5.41) is 15.0. The number of hydrazone groups is 1. The third-order valence-corrected chi connectivity index (χ3v) is 3.51. The van der Waals surface area contributed by atoms with E-state index in [0.29, 0.717) is 12.4 Å². The Morgan fingerprint density at radius 1 is 1.08 bits per heavy atom. The maximum atomic E-state index is 11.0. The zero-order valence-corrected chi connectivity index (χ0v) is 13.8. The van der Waals surface area contributed by atoms with E-state index in [1.54, 1.807) is 6.21 Å². The summed E-state index contributed by atoms with van der Waals surface area (Å²) >= 11 is 0. The van der Waals surface area contributed by atoms with Crippen molar-refractivity contribution >= 4 is 17.7 Å². The summed E-state index contributed by atoms with van der Waals surface area (Å²) < 4.78 is 5.85. The van der Waals surface area contributed by atoms with Gasteiger partial charge in [-0.1, -0.05) is 42.5 Å². The predicted octanol–water partition coefficient (Wildman–Crippen LogP) is 4.01. The first-order valence-corrected chi connectivity index (χ1v) is 7.88. The Bertz CT molecular complexity index is 913. The normalized spacial score (nSPS) is 10.6. The fourth-order valence-electron chi connectivity index (χ4n) is 2.25. The largest absolute Gasteiger partial charge is 0.488 e. The lowest BCUT2D eigenvalue weighted by molar-refractivity contribution is -0.384. The van der Waals surface area contributed by atoms with E-state index in [2.05, 4.69) is 15.5 Å². The Kier molecular flexibility index (Phi) is 5.51. The van der Waals surface area contributed by atoms with Crippen LogP contribution in [0.25, 0.3) is 0 Å². The zero-order valence-electron chi connectivity index (χ0n) is 13.8. The van der Waals surface area contributed by atoms with Gasteiger partial charge in [0.15, 0.2) is 0 Å². The second kappa shape index (κ2) is 8.39. The van der Waals surface area contributed by atoms with Gasteiger partial charge in [-0.15, -0.1) is 0 Å². The number of para-hydroxylation sites is 1. The van der Waals surface area contributed by atoms with Crippen molar-refractivity contribution in [3.63, 3.8) is 0 Å². The summed E-state index contributed by atoms with van der Waals surface area (Å²) in [4.78, 5) is 14.4. The van der Waals surface area contributed by atoms with E-state index in [0.717, 1.165) is 11.1 Å². The third kappa shape index (κ3) is 4.41. The van der Waals surface area contributed by atoms with Crippen molar-refractivity contribution in [2.75, 3.05) is 5.43 Å². The van der Waals surface area contributed by atoms with Gasteiger partial charge in [0.2, 0.25) is 5.82 Å². The summed E-state index contributed by atoms with van der Waals surface area (Å²) in [6.07, 6.45) is 3.00. The van der Waals surface area contributed by atoms with Crippen LogP contribution in [-0.4, -0.2) is 16.1 Å². The highest BCUT2D eigenvalue weighted by atomic mass is 16.6. The quantitative estimate of drug-likeness (QED) is 0.396. The molecule has 1 aromatic heterocycles. The topological polar surface area (TPSA) is 89.7 Å². The summed E-state index contributed by atoms with van der Waals surface area (Å²) in [5.74, 6) is 0.744. The van der Waals surface area contributed by atoms with Crippen LogP contribution in [0.2, 0.25) is 0 Å². The standard InChI is InChI=1S/C19H16N4O3/c24-23(25)17-10-6-12-20-19(17)22-21-13-16-9-4-5-11-18(16)26-14-15-7-2-1-3-8-15/h1-13H,14H2,(H,20,22)/b21-13-. The van der Waals surface area contributed by atoms with Crippen molar-refractivity contribution in [3.05, 3.63) is 94.2 Å². The molecule has 1 N–H and O–H groups in total. The van der Waals surface area contributed by atoms with Gasteiger partial charge in [-0.2, -0.15) is 5.10 Å². The number of aromatic nitrogens is 1. The van der Waals surface area contributed by atoms with Gasteiger partial charge in [0.05, 0.1) is 11.1 Å². The molecule has 3 rings (SSSR count). The van der Waals surface area contributed by atoms with Crippen LogP contribution in [0.4, 0.5) is 11.5 Å². The molecule has 0 aliphatic carbocycles. The number of pyridine rings is 1. The molecule has 0 spiro atoms. The van der Waals surface area contributed by atoms with Gasteiger partial charge in [-0.3, -0.25) is 15.5 Å². The first-order chi connectivity index (χ1) is 12.7. The Balaban J connectivity index is 1.70. The van der Waals surface area contributed by atoms with Gasteiger partial charge in [-0.05, 0) is 23.8 Å². The molecule has 26 heavy (non-hydrogen) atoms. The van der Waals surface area contributed by atoms with E-state index in [-0.39, 0.29) is 11.5 Å².